The van der Waals surface area contributed by atoms with Crippen molar-refractivity contribution in [2.45, 2.75) is 128 Å². The molecule has 4 aliphatic rings. The van der Waals surface area contributed by atoms with Gasteiger partial charge < -0.3 is 15.1 Å². The maximum absolute atomic E-state index is 16.1. The Balaban J connectivity index is 1.09. The molecule has 0 radical (unpaired) electrons. The molecule has 0 aliphatic heterocycles. The number of nitrogens with zero attached hydrogens (tertiary/aromatic N) is 1. The number of hydrogen-bond acceptors (Lipinski definition) is 3. The molecule has 2 N–H and O–H groups in total. The topological polar surface area (TPSA) is 60.8 Å². The molecule has 3 saturated carbocycles. The quantitative estimate of drug-likeness (QED) is 0.253. The summed E-state index contributed by atoms with van der Waals surface area (Å²) in [7, 11) is 0. The molecule has 0 saturated heterocycles. The molecular formula is C39H54FNO3. The molecule has 1 amide bonds. The summed E-state index contributed by atoms with van der Waals surface area (Å²) in [6.45, 7) is 3.59. The van der Waals surface area contributed by atoms with Crippen LogP contribution in [0.5, 0.6) is 5.75 Å². The van der Waals surface area contributed by atoms with Gasteiger partial charge in [-0.25, -0.2) is 4.39 Å². The summed E-state index contributed by atoms with van der Waals surface area (Å²) >= 11 is 0. The number of fused-ring (bicyclic) bond motifs is 5. The number of carbonyl (C=O) groups is 1. The van der Waals surface area contributed by atoms with Crippen LogP contribution >= 0.6 is 0 Å². The Morgan fingerprint density at radius 1 is 0.977 bits per heavy atom. The van der Waals surface area contributed by atoms with E-state index < -0.39 is 12.3 Å². The summed E-state index contributed by atoms with van der Waals surface area (Å²) in [5.41, 5.74) is 3.04. The van der Waals surface area contributed by atoms with E-state index in [1.54, 1.807) is 6.07 Å². The van der Waals surface area contributed by atoms with Crippen LogP contribution in [0.1, 0.15) is 119 Å². The first-order valence-electron chi connectivity index (χ1n) is 17.8. The van der Waals surface area contributed by atoms with Gasteiger partial charge >= 0.3 is 0 Å². The molecule has 2 aromatic carbocycles. The van der Waals surface area contributed by atoms with Crippen molar-refractivity contribution in [3.8, 4) is 5.75 Å². The third-order valence-corrected chi connectivity index (χ3v) is 12.3. The average Bonchev–Trinajstić information content (AvgIpc) is 3.32. The van der Waals surface area contributed by atoms with Crippen LogP contribution in [0.15, 0.2) is 48.5 Å². The Morgan fingerprint density at radius 2 is 1.77 bits per heavy atom. The van der Waals surface area contributed by atoms with Gasteiger partial charge in [-0.3, -0.25) is 4.79 Å². The number of aromatic hydroxyl groups is 1. The van der Waals surface area contributed by atoms with E-state index in [0.717, 1.165) is 69.0 Å². The van der Waals surface area contributed by atoms with Gasteiger partial charge in [-0.05, 0) is 103 Å². The van der Waals surface area contributed by atoms with Crippen LogP contribution < -0.4 is 0 Å². The summed E-state index contributed by atoms with van der Waals surface area (Å²) in [4.78, 5) is 15.5. The van der Waals surface area contributed by atoms with Crippen molar-refractivity contribution >= 4 is 5.91 Å². The fraction of sp³-hybridized carbons (Fsp3) is 0.667. The molecule has 6 rings (SSSR count). The van der Waals surface area contributed by atoms with Gasteiger partial charge in [0, 0.05) is 25.4 Å². The Hall–Kier alpha value is -2.40. The second kappa shape index (κ2) is 13.9. The Morgan fingerprint density at radius 3 is 2.57 bits per heavy atom. The lowest BCUT2D eigenvalue weighted by molar-refractivity contribution is -0.132. The number of carbonyl (C=O) groups excluding carboxylic acids is 1. The molecule has 0 spiro atoms. The SMILES string of the molecule is C[C@]12C[C@H](F)[C@@H]3c4ccc(O)cc4C[C@@H](CCCCCN(Cc4ccccc4)C(=O)CCC4CCCCC4)[C@H]3[C@@H]1CC[C@@H]2O. The number of unbranched alkanes of at least 4 members (excludes halogenated alkanes) is 2. The molecule has 0 aromatic heterocycles. The first-order valence-corrected chi connectivity index (χ1v) is 17.8. The van der Waals surface area contributed by atoms with Crippen molar-refractivity contribution < 1.29 is 19.4 Å². The predicted octanol–water partition coefficient (Wildman–Crippen LogP) is 8.73. The van der Waals surface area contributed by atoms with E-state index >= 15 is 4.39 Å². The van der Waals surface area contributed by atoms with Crippen molar-refractivity contribution in [1.29, 1.82) is 0 Å². The number of rotatable bonds is 11. The molecule has 7 atom stereocenters. The second-order valence-electron chi connectivity index (χ2n) is 15.1. The van der Waals surface area contributed by atoms with E-state index in [-0.39, 0.29) is 23.0 Å². The van der Waals surface area contributed by atoms with E-state index in [0.29, 0.717) is 43.0 Å². The minimum atomic E-state index is -0.966. The van der Waals surface area contributed by atoms with Gasteiger partial charge in [-0.1, -0.05) is 88.3 Å². The number of amides is 1. The number of hydrogen-bond donors (Lipinski definition) is 2. The zero-order chi connectivity index (χ0) is 30.7. The van der Waals surface area contributed by atoms with Gasteiger partial charge in [-0.15, -0.1) is 0 Å². The van der Waals surface area contributed by atoms with E-state index in [9.17, 15) is 15.0 Å². The summed E-state index contributed by atoms with van der Waals surface area (Å²) in [6, 6.07) is 15.9. The number of halogens is 1. The lowest BCUT2D eigenvalue weighted by Crippen LogP contribution is -2.51. The minimum Gasteiger partial charge on any atom is -0.508 e. The highest BCUT2D eigenvalue weighted by atomic mass is 19.1. The summed E-state index contributed by atoms with van der Waals surface area (Å²) in [6.07, 6.45) is 14.0. The molecule has 0 heterocycles. The van der Waals surface area contributed by atoms with E-state index in [1.807, 2.05) is 18.2 Å². The van der Waals surface area contributed by atoms with E-state index in [2.05, 4.69) is 36.1 Å². The molecule has 4 nitrogen and oxygen atoms in total. The molecule has 0 bridgehead atoms. The summed E-state index contributed by atoms with van der Waals surface area (Å²) in [5.74, 6) is 2.04. The molecule has 3 fully saturated rings. The third-order valence-electron chi connectivity index (χ3n) is 12.3. The maximum Gasteiger partial charge on any atom is 0.222 e. The maximum atomic E-state index is 16.1. The fourth-order valence-electron chi connectivity index (χ4n) is 9.98. The van der Waals surface area contributed by atoms with Crippen molar-refractivity contribution in [2.75, 3.05) is 6.54 Å². The van der Waals surface area contributed by atoms with Crippen molar-refractivity contribution in [3.63, 3.8) is 0 Å². The highest BCUT2D eigenvalue weighted by molar-refractivity contribution is 5.76. The lowest BCUT2D eigenvalue weighted by atomic mass is 9.51. The molecule has 0 unspecified atom stereocenters. The molecule has 240 valence electrons. The Kier molecular flexibility index (Phi) is 10.00. The lowest BCUT2D eigenvalue weighted by Gasteiger charge is -2.54. The number of aliphatic hydroxyl groups excluding tert-OH is 1. The highest BCUT2D eigenvalue weighted by Gasteiger charge is 2.59. The predicted molar refractivity (Wildman–Crippen MR) is 174 cm³/mol. The van der Waals surface area contributed by atoms with E-state index in [4.69, 9.17) is 0 Å². The van der Waals surface area contributed by atoms with E-state index in [1.165, 1.54) is 37.7 Å². The highest BCUT2D eigenvalue weighted by Crippen LogP contribution is 2.63. The first kappa shape index (κ1) is 31.6. The van der Waals surface area contributed by atoms with Crippen LogP contribution in [0.2, 0.25) is 0 Å². The smallest absolute Gasteiger partial charge is 0.222 e. The molecular weight excluding hydrogens is 549 g/mol. The zero-order valence-corrected chi connectivity index (χ0v) is 26.8. The van der Waals surface area contributed by atoms with Crippen LogP contribution in [0.3, 0.4) is 0 Å². The van der Waals surface area contributed by atoms with Gasteiger partial charge in [0.05, 0.1) is 6.10 Å². The number of alkyl halides is 1. The zero-order valence-electron chi connectivity index (χ0n) is 26.8. The second-order valence-corrected chi connectivity index (χ2v) is 15.1. The number of phenols is 1. The first-order chi connectivity index (χ1) is 21.3. The average molecular weight is 604 g/mol. The monoisotopic (exact) mass is 603 g/mol. The third kappa shape index (κ3) is 6.73. The van der Waals surface area contributed by atoms with Crippen molar-refractivity contribution in [2.24, 2.45) is 29.1 Å². The van der Waals surface area contributed by atoms with Gasteiger partial charge in [0.25, 0.3) is 0 Å². The number of phenolic OH excluding ortho intramolecular Hbond substituents is 1. The summed E-state index contributed by atoms with van der Waals surface area (Å²) < 4.78 is 16.1. The van der Waals surface area contributed by atoms with Crippen LogP contribution in [-0.2, 0) is 17.8 Å². The van der Waals surface area contributed by atoms with Crippen molar-refractivity contribution in [3.05, 3.63) is 65.2 Å². The Bertz CT molecular complexity index is 1250. The van der Waals surface area contributed by atoms with Crippen LogP contribution in [0, 0.1) is 29.1 Å². The van der Waals surface area contributed by atoms with Gasteiger partial charge in [0.1, 0.15) is 11.9 Å². The normalized spacial score (nSPS) is 31.6. The van der Waals surface area contributed by atoms with Gasteiger partial charge in [0.2, 0.25) is 5.91 Å². The van der Waals surface area contributed by atoms with Gasteiger partial charge in [-0.2, -0.15) is 0 Å². The van der Waals surface area contributed by atoms with Crippen LogP contribution in [-0.4, -0.2) is 39.8 Å². The minimum absolute atomic E-state index is 0.143. The standard InChI is InChI=1S/C39H54FNO3/c1-39-25-34(40)38-32-18-17-31(42)24-30(32)23-29(37(38)33(39)19-20-35(39)43)15-9-4-10-22-41(26-28-13-7-3-8-14-28)36(44)21-16-27-11-5-2-6-12-27/h3,7-8,13-14,17-18,24,27,29,33-35,37-38,42-43H,2,4-6,9-12,15-16,19-23,25-26H2,1H3/t29-,33+,34+,35+,37+,38+,39+/m1/s1. The molecule has 2 aromatic rings. The largest absolute Gasteiger partial charge is 0.508 e. The van der Waals surface area contributed by atoms with Crippen LogP contribution in [0.4, 0.5) is 4.39 Å². The summed E-state index contributed by atoms with van der Waals surface area (Å²) in [5, 5.41) is 21.2. The van der Waals surface area contributed by atoms with Crippen molar-refractivity contribution in [1.82, 2.24) is 4.90 Å². The molecule has 44 heavy (non-hydrogen) atoms. The Labute approximate surface area is 264 Å². The van der Waals surface area contributed by atoms with Crippen LogP contribution in [0.25, 0.3) is 0 Å². The molecule has 5 heteroatoms. The number of benzene rings is 2. The number of aliphatic hydroxyl groups is 1. The molecule has 4 aliphatic carbocycles. The fourth-order valence-corrected chi connectivity index (χ4v) is 9.98. The van der Waals surface area contributed by atoms with Gasteiger partial charge in [0.15, 0.2) is 0 Å².